The van der Waals surface area contributed by atoms with E-state index in [-0.39, 0.29) is 5.91 Å². The summed E-state index contributed by atoms with van der Waals surface area (Å²) in [6, 6.07) is 20.5. The van der Waals surface area contributed by atoms with E-state index >= 15 is 0 Å². The number of benzene rings is 2. The molecule has 5 rings (SSSR count). The lowest BCUT2D eigenvalue weighted by atomic mass is 10.2. The van der Waals surface area contributed by atoms with E-state index in [4.69, 9.17) is 4.74 Å². The third kappa shape index (κ3) is 5.43. The van der Waals surface area contributed by atoms with E-state index in [1.807, 2.05) is 29.2 Å². The average Bonchev–Trinajstić information content (AvgIpc) is 3.31. The topological polar surface area (TPSA) is 66.7 Å². The molecule has 0 spiro atoms. The van der Waals surface area contributed by atoms with Crippen molar-refractivity contribution >= 4 is 23.4 Å². The highest BCUT2D eigenvalue weighted by Gasteiger charge is 2.23. The lowest BCUT2D eigenvalue weighted by Gasteiger charge is -2.36. The van der Waals surface area contributed by atoms with Crippen LogP contribution in [0.5, 0.6) is 0 Å². The first kappa shape index (κ1) is 22.9. The quantitative estimate of drug-likeness (QED) is 0.484. The van der Waals surface area contributed by atoms with Crippen LogP contribution in [0.15, 0.2) is 65.8 Å². The normalized spacial score (nSPS) is 17.2. The monoisotopic (exact) mass is 478 g/mol. The molecule has 0 N–H and O–H groups in total. The minimum atomic E-state index is 0.148. The molecule has 178 valence electrons. The van der Waals surface area contributed by atoms with Crippen molar-refractivity contribution in [3.05, 3.63) is 66.5 Å². The van der Waals surface area contributed by atoms with E-state index in [1.54, 1.807) is 0 Å². The number of carbonyl (C=O) groups is 1. The zero-order valence-electron chi connectivity index (χ0n) is 19.3. The Morgan fingerprint density at radius 2 is 1.47 bits per heavy atom. The molecule has 2 aliphatic rings. The summed E-state index contributed by atoms with van der Waals surface area (Å²) in [5.74, 6) is 1.39. The summed E-state index contributed by atoms with van der Waals surface area (Å²) in [7, 11) is 0. The lowest BCUT2D eigenvalue weighted by Crippen LogP contribution is -2.49. The predicted molar refractivity (Wildman–Crippen MR) is 133 cm³/mol. The number of nitrogens with zero attached hydrogens (tertiary/aromatic N) is 6. The van der Waals surface area contributed by atoms with E-state index < -0.39 is 0 Å². The number of thioether (sulfide) groups is 1. The molecule has 0 aliphatic carbocycles. The third-order valence-corrected chi connectivity index (χ3v) is 7.18. The Labute approximate surface area is 204 Å². The molecule has 0 saturated carbocycles. The van der Waals surface area contributed by atoms with Gasteiger partial charge in [-0.1, -0.05) is 48.2 Å². The number of piperazine rings is 1. The summed E-state index contributed by atoms with van der Waals surface area (Å²) < 4.78 is 7.56. The molecule has 34 heavy (non-hydrogen) atoms. The van der Waals surface area contributed by atoms with E-state index in [9.17, 15) is 4.79 Å². The van der Waals surface area contributed by atoms with Crippen molar-refractivity contribution in [2.45, 2.75) is 11.7 Å². The number of amides is 1. The fraction of sp³-hybridized carbons (Fsp3) is 0.400. The molecule has 3 aromatic rings. The molecule has 8 nitrogen and oxygen atoms in total. The largest absolute Gasteiger partial charge is 0.379 e. The molecule has 0 radical (unpaired) electrons. The Balaban J connectivity index is 1.23. The summed E-state index contributed by atoms with van der Waals surface area (Å²) in [6.45, 7) is 7.15. The molecule has 0 unspecified atom stereocenters. The number of ether oxygens (including phenoxy) is 1. The zero-order valence-corrected chi connectivity index (χ0v) is 20.1. The fourth-order valence-electron chi connectivity index (χ4n) is 4.36. The standard InChI is InChI=1S/C25H30N6O2S/c32-24(30-13-11-29(12-14-30)21-7-3-1-4-8-21)20-34-25-27-26-23(19-28-15-17-33-18-16-28)31(25)22-9-5-2-6-10-22/h1-10H,11-20H2. The van der Waals surface area contributed by atoms with Crippen LogP contribution in [-0.2, 0) is 16.1 Å². The number of para-hydroxylation sites is 2. The smallest absolute Gasteiger partial charge is 0.233 e. The van der Waals surface area contributed by atoms with Gasteiger partial charge in [-0.15, -0.1) is 10.2 Å². The van der Waals surface area contributed by atoms with Gasteiger partial charge < -0.3 is 14.5 Å². The number of hydrogen-bond donors (Lipinski definition) is 0. The highest BCUT2D eigenvalue weighted by molar-refractivity contribution is 7.99. The van der Waals surface area contributed by atoms with Crippen molar-refractivity contribution in [3.63, 3.8) is 0 Å². The molecule has 2 aliphatic heterocycles. The van der Waals surface area contributed by atoms with Crippen molar-refractivity contribution in [2.24, 2.45) is 0 Å². The molecule has 2 saturated heterocycles. The maximum absolute atomic E-state index is 13.0. The van der Waals surface area contributed by atoms with E-state index in [2.05, 4.69) is 61.0 Å². The number of hydrogen-bond acceptors (Lipinski definition) is 7. The number of rotatable bonds is 7. The Bertz CT molecular complexity index is 1060. The summed E-state index contributed by atoms with van der Waals surface area (Å²) in [5.41, 5.74) is 2.23. The van der Waals surface area contributed by atoms with Gasteiger partial charge in [0, 0.05) is 50.6 Å². The van der Waals surface area contributed by atoms with Crippen LogP contribution in [-0.4, -0.2) is 88.7 Å². The Morgan fingerprint density at radius 3 is 2.15 bits per heavy atom. The second-order valence-corrected chi connectivity index (χ2v) is 9.39. The highest BCUT2D eigenvalue weighted by atomic mass is 32.2. The minimum absolute atomic E-state index is 0.148. The van der Waals surface area contributed by atoms with Gasteiger partial charge in [0.1, 0.15) is 0 Å². The maximum Gasteiger partial charge on any atom is 0.233 e. The van der Waals surface area contributed by atoms with Crippen LogP contribution in [0.2, 0.25) is 0 Å². The van der Waals surface area contributed by atoms with Crippen molar-refractivity contribution in [1.29, 1.82) is 0 Å². The van der Waals surface area contributed by atoms with Crippen LogP contribution in [0.3, 0.4) is 0 Å². The second-order valence-electron chi connectivity index (χ2n) is 8.45. The third-order valence-electron chi connectivity index (χ3n) is 6.26. The number of aromatic nitrogens is 3. The Hall–Kier alpha value is -2.88. The Kier molecular flexibility index (Phi) is 7.43. The van der Waals surface area contributed by atoms with Gasteiger partial charge in [-0.25, -0.2) is 0 Å². The highest BCUT2D eigenvalue weighted by Crippen LogP contribution is 2.24. The number of carbonyl (C=O) groups excluding carboxylic acids is 1. The maximum atomic E-state index is 13.0. The zero-order chi connectivity index (χ0) is 23.2. The summed E-state index contributed by atoms with van der Waals surface area (Å²) in [6.07, 6.45) is 0. The van der Waals surface area contributed by atoms with Gasteiger partial charge >= 0.3 is 0 Å². The van der Waals surface area contributed by atoms with Gasteiger partial charge in [-0.2, -0.15) is 0 Å². The van der Waals surface area contributed by atoms with E-state index in [1.165, 1.54) is 17.4 Å². The van der Waals surface area contributed by atoms with Crippen molar-refractivity contribution < 1.29 is 9.53 Å². The first-order valence-electron chi connectivity index (χ1n) is 11.8. The van der Waals surface area contributed by atoms with Crippen LogP contribution in [0.1, 0.15) is 5.82 Å². The van der Waals surface area contributed by atoms with Crippen LogP contribution >= 0.6 is 11.8 Å². The molecule has 0 atom stereocenters. The van der Waals surface area contributed by atoms with Gasteiger partial charge in [-0.05, 0) is 24.3 Å². The summed E-state index contributed by atoms with van der Waals surface area (Å²) in [4.78, 5) is 19.6. The minimum Gasteiger partial charge on any atom is -0.379 e. The predicted octanol–water partition coefficient (Wildman–Crippen LogP) is 2.54. The fourth-order valence-corrected chi connectivity index (χ4v) is 5.24. The molecular formula is C25H30N6O2S. The average molecular weight is 479 g/mol. The van der Waals surface area contributed by atoms with Gasteiger partial charge in [0.25, 0.3) is 0 Å². The van der Waals surface area contributed by atoms with Crippen LogP contribution in [0.25, 0.3) is 5.69 Å². The first-order chi connectivity index (χ1) is 16.8. The molecule has 1 amide bonds. The molecular weight excluding hydrogens is 448 g/mol. The molecule has 2 fully saturated rings. The van der Waals surface area contributed by atoms with E-state index in [0.717, 1.165) is 69.2 Å². The van der Waals surface area contributed by atoms with Crippen molar-refractivity contribution in [1.82, 2.24) is 24.6 Å². The molecule has 9 heteroatoms. The van der Waals surface area contributed by atoms with Crippen molar-refractivity contribution in [3.8, 4) is 5.69 Å². The van der Waals surface area contributed by atoms with E-state index in [0.29, 0.717) is 12.3 Å². The van der Waals surface area contributed by atoms with Crippen LogP contribution in [0, 0.1) is 0 Å². The van der Waals surface area contributed by atoms with Gasteiger partial charge in [0.05, 0.1) is 25.5 Å². The van der Waals surface area contributed by atoms with Crippen molar-refractivity contribution in [2.75, 3.05) is 63.1 Å². The van der Waals surface area contributed by atoms with Gasteiger partial charge in [-0.3, -0.25) is 14.3 Å². The van der Waals surface area contributed by atoms with Crippen LogP contribution < -0.4 is 4.90 Å². The number of morpholine rings is 1. The number of anilines is 1. The first-order valence-corrected chi connectivity index (χ1v) is 12.8. The molecule has 1 aromatic heterocycles. The molecule has 3 heterocycles. The SMILES string of the molecule is O=C(CSc1nnc(CN2CCOCC2)n1-c1ccccc1)N1CCN(c2ccccc2)CC1. The lowest BCUT2D eigenvalue weighted by molar-refractivity contribution is -0.128. The molecule has 2 aromatic carbocycles. The van der Waals surface area contributed by atoms with Gasteiger partial charge in [0.2, 0.25) is 5.91 Å². The summed E-state index contributed by atoms with van der Waals surface area (Å²) >= 11 is 1.47. The summed E-state index contributed by atoms with van der Waals surface area (Å²) in [5, 5.41) is 9.72. The Morgan fingerprint density at radius 1 is 0.824 bits per heavy atom. The van der Waals surface area contributed by atoms with Crippen LogP contribution in [0.4, 0.5) is 5.69 Å². The molecule has 0 bridgehead atoms. The van der Waals surface area contributed by atoms with Gasteiger partial charge in [0.15, 0.2) is 11.0 Å². The second kappa shape index (κ2) is 11.0.